The summed E-state index contributed by atoms with van der Waals surface area (Å²) >= 11 is 0.204. The summed E-state index contributed by atoms with van der Waals surface area (Å²) in [6.07, 6.45) is -1.03. The number of carbonyl (C=O) groups excluding carboxylic acids is 2. The van der Waals surface area contributed by atoms with E-state index in [4.69, 9.17) is 0 Å². The molecule has 0 aromatic carbocycles. The van der Waals surface area contributed by atoms with Gasteiger partial charge in [0.2, 0.25) is 0 Å². The summed E-state index contributed by atoms with van der Waals surface area (Å²) in [6, 6.07) is 0. The Hall–Kier alpha value is -0.910. The van der Waals surface area contributed by atoms with Crippen LogP contribution in [0.25, 0.3) is 0 Å². The van der Waals surface area contributed by atoms with Crippen molar-refractivity contribution in [1.29, 1.82) is 0 Å². The molecule has 8 heavy (non-hydrogen) atoms. The molecular formula is C2H4N2O3S. The van der Waals surface area contributed by atoms with Gasteiger partial charge in [-0.2, -0.15) is 0 Å². The molecule has 0 aliphatic heterocycles. The van der Waals surface area contributed by atoms with Crippen LogP contribution in [-0.2, 0) is 4.18 Å². The number of rotatable bonds is 0. The smallest absolute Gasteiger partial charge is 0.365 e. The molecule has 0 aromatic heterocycles. The molecule has 0 aliphatic rings. The Bertz CT molecular complexity index is 99.9. The molecule has 0 aliphatic carbocycles. The van der Waals surface area contributed by atoms with Crippen molar-refractivity contribution in [3.63, 3.8) is 0 Å². The maximum atomic E-state index is 9.76. The largest absolute Gasteiger partial charge is 0.417 e. The van der Waals surface area contributed by atoms with Crippen molar-refractivity contribution in [3.8, 4) is 0 Å². The molecule has 0 saturated heterocycles. The molecule has 0 aromatic rings. The Kier molecular flexibility index (Phi) is 2.78. The minimum atomic E-state index is -1.03. The fraction of sp³-hybridized carbons (Fsp3) is 0. The van der Waals surface area contributed by atoms with Crippen molar-refractivity contribution in [2.24, 2.45) is 11.5 Å². The van der Waals surface area contributed by atoms with Gasteiger partial charge in [-0.05, 0) is 0 Å². The fourth-order valence-corrected chi connectivity index (χ4v) is 0.246. The number of hydrogen-bond donors (Lipinski definition) is 2. The summed E-state index contributed by atoms with van der Waals surface area (Å²) < 4.78 is 3.88. The van der Waals surface area contributed by atoms with Gasteiger partial charge in [0.25, 0.3) is 0 Å². The lowest BCUT2D eigenvalue weighted by molar-refractivity contribution is 0.218. The topological polar surface area (TPSA) is 95.4 Å². The molecule has 2 amide bonds. The Morgan fingerprint density at radius 2 is 1.88 bits per heavy atom. The minimum absolute atomic E-state index is 0.204. The highest BCUT2D eigenvalue weighted by Crippen LogP contribution is 1.98. The molecule has 0 fully saturated rings. The summed E-state index contributed by atoms with van der Waals surface area (Å²) in [7, 11) is 0. The molecule has 0 spiro atoms. The Balaban J connectivity index is 3.18. The van der Waals surface area contributed by atoms with Crippen LogP contribution in [0.1, 0.15) is 0 Å². The zero-order valence-electron chi connectivity index (χ0n) is 3.79. The second-order valence-corrected chi connectivity index (χ2v) is 1.54. The molecule has 0 bridgehead atoms. The third-order valence-electron chi connectivity index (χ3n) is 0.206. The normalized spacial score (nSPS) is 8.00. The van der Waals surface area contributed by atoms with Gasteiger partial charge in [-0.25, -0.2) is 4.79 Å². The molecule has 0 rings (SSSR count). The van der Waals surface area contributed by atoms with Crippen LogP contribution in [-0.4, -0.2) is 11.3 Å². The van der Waals surface area contributed by atoms with Crippen molar-refractivity contribution < 1.29 is 13.8 Å². The first-order chi connectivity index (χ1) is 3.63. The SMILES string of the molecule is NC(=O)OSC(N)=O. The van der Waals surface area contributed by atoms with Gasteiger partial charge in [-0.1, -0.05) is 0 Å². The van der Waals surface area contributed by atoms with Gasteiger partial charge in [-0.3, -0.25) is 4.79 Å². The van der Waals surface area contributed by atoms with E-state index in [-0.39, 0.29) is 12.0 Å². The first-order valence-corrected chi connectivity index (χ1v) is 2.30. The lowest BCUT2D eigenvalue weighted by atomic mass is 11.3. The van der Waals surface area contributed by atoms with E-state index in [2.05, 4.69) is 15.7 Å². The van der Waals surface area contributed by atoms with E-state index in [0.717, 1.165) is 0 Å². The first kappa shape index (κ1) is 7.09. The number of nitrogens with two attached hydrogens (primary N) is 2. The molecule has 0 unspecified atom stereocenters. The molecular weight excluding hydrogens is 132 g/mol. The molecule has 0 saturated carbocycles. The van der Waals surface area contributed by atoms with Crippen molar-refractivity contribution >= 4 is 23.4 Å². The number of carbonyl (C=O) groups is 2. The molecule has 6 heteroatoms. The van der Waals surface area contributed by atoms with Crippen molar-refractivity contribution in [2.75, 3.05) is 0 Å². The maximum Gasteiger partial charge on any atom is 0.417 e. The molecule has 4 N–H and O–H groups in total. The highest BCUT2D eigenvalue weighted by molar-refractivity contribution is 8.09. The summed E-state index contributed by atoms with van der Waals surface area (Å²) in [5, 5.41) is -0.802. The van der Waals surface area contributed by atoms with Crippen LogP contribution in [0, 0.1) is 0 Å². The lowest BCUT2D eigenvalue weighted by Gasteiger charge is -1.89. The number of hydrogen-bond acceptors (Lipinski definition) is 4. The van der Waals surface area contributed by atoms with E-state index < -0.39 is 11.3 Å². The van der Waals surface area contributed by atoms with Gasteiger partial charge < -0.3 is 15.7 Å². The second kappa shape index (κ2) is 3.14. The summed E-state index contributed by atoms with van der Waals surface area (Å²) in [5.74, 6) is 0. The summed E-state index contributed by atoms with van der Waals surface area (Å²) in [4.78, 5) is 19.4. The van der Waals surface area contributed by atoms with Gasteiger partial charge in [-0.15, -0.1) is 0 Å². The van der Waals surface area contributed by atoms with Crippen LogP contribution in [0.3, 0.4) is 0 Å². The molecule has 0 radical (unpaired) electrons. The summed E-state index contributed by atoms with van der Waals surface area (Å²) in [5.41, 5.74) is 8.98. The second-order valence-electron chi connectivity index (χ2n) is 0.805. The highest BCUT2D eigenvalue weighted by atomic mass is 32.2. The van der Waals surface area contributed by atoms with Gasteiger partial charge in [0.1, 0.15) is 0 Å². The first-order valence-electron chi connectivity index (χ1n) is 1.56. The number of primary amides is 2. The molecule has 46 valence electrons. The average molecular weight is 136 g/mol. The quantitative estimate of drug-likeness (QED) is 0.451. The van der Waals surface area contributed by atoms with Crippen LogP contribution < -0.4 is 11.5 Å². The summed E-state index contributed by atoms with van der Waals surface area (Å²) in [6.45, 7) is 0. The van der Waals surface area contributed by atoms with E-state index in [0.29, 0.717) is 0 Å². The lowest BCUT2D eigenvalue weighted by Crippen LogP contribution is -2.12. The molecule has 0 heterocycles. The molecule has 5 nitrogen and oxygen atoms in total. The maximum absolute atomic E-state index is 9.76. The Morgan fingerprint density at radius 1 is 1.38 bits per heavy atom. The van der Waals surface area contributed by atoms with E-state index in [1.807, 2.05) is 0 Å². The van der Waals surface area contributed by atoms with Gasteiger partial charge in [0, 0.05) is 0 Å². The van der Waals surface area contributed by atoms with Crippen molar-refractivity contribution in [1.82, 2.24) is 0 Å². The predicted molar refractivity (Wildman–Crippen MR) is 27.8 cm³/mol. The zero-order valence-corrected chi connectivity index (χ0v) is 4.60. The Labute approximate surface area is 49.6 Å². The van der Waals surface area contributed by atoms with Crippen LogP contribution >= 0.6 is 12.0 Å². The fourth-order valence-electron chi connectivity index (χ4n) is 0.0821. The van der Waals surface area contributed by atoms with Gasteiger partial charge in [0.05, 0.1) is 0 Å². The molecule has 0 atom stereocenters. The standard InChI is InChI=1S/C2H4N2O3S/c3-1(5)7-8-2(4)6/h(H2,3,5)(H2,4,6). The van der Waals surface area contributed by atoms with E-state index in [1.54, 1.807) is 0 Å². The van der Waals surface area contributed by atoms with Crippen LogP contribution in [0.15, 0.2) is 0 Å². The van der Waals surface area contributed by atoms with Crippen LogP contribution in [0.4, 0.5) is 9.59 Å². The van der Waals surface area contributed by atoms with Gasteiger partial charge in [0.15, 0.2) is 12.0 Å². The average Bonchev–Trinajstić information content (AvgIpc) is 1.61. The van der Waals surface area contributed by atoms with E-state index >= 15 is 0 Å². The van der Waals surface area contributed by atoms with Crippen molar-refractivity contribution in [2.45, 2.75) is 0 Å². The Morgan fingerprint density at radius 3 is 2.00 bits per heavy atom. The van der Waals surface area contributed by atoms with E-state index in [1.165, 1.54) is 0 Å². The predicted octanol–water partition coefficient (Wildman–Crippen LogP) is -0.191. The van der Waals surface area contributed by atoms with Crippen LogP contribution in [0.5, 0.6) is 0 Å². The van der Waals surface area contributed by atoms with Crippen LogP contribution in [0.2, 0.25) is 0 Å². The highest BCUT2D eigenvalue weighted by Gasteiger charge is 1.98. The van der Waals surface area contributed by atoms with Crippen molar-refractivity contribution in [3.05, 3.63) is 0 Å². The van der Waals surface area contributed by atoms with E-state index in [9.17, 15) is 9.59 Å². The monoisotopic (exact) mass is 136 g/mol. The number of amides is 2. The third-order valence-corrected chi connectivity index (χ3v) is 0.618. The van der Waals surface area contributed by atoms with Gasteiger partial charge >= 0.3 is 11.3 Å². The minimum Gasteiger partial charge on any atom is -0.365 e. The third kappa shape index (κ3) is 5.09. The zero-order chi connectivity index (χ0) is 6.57.